The second-order valence-corrected chi connectivity index (χ2v) is 5.47. The van der Waals surface area contributed by atoms with Crippen LogP contribution in [0.25, 0.3) is 6.08 Å². The van der Waals surface area contributed by atoms with E-state index in [-0.39, 0.29) is 22.2 Å². The molecule has 5 nitrogen and oxygen atoms in total. The molecule has 0 radical (unpaired) electrons. The smallest absolute Gasteiger partial charge is 0.335 e. The summed E-state index contributed by atoms with van der Waals surface area (Å²) in [6, 6.07) is 11.4. The van der Waals surface area contributed by atoms with Gasteiger partial charge in [-0.05, 0) is 48.9 Å². The highest BCUT2D eigenvalue weighted by atomic mass is 35.5. The van der Waals surface area contributed by atoms with E-state index in [4.69, 9.17) is 21.4 Å². The molecular formula is C18H16ClNO4. The molecule has 0 unspecified atom stereocenters. The summed E-state index contributed by atoms with van der Waals surface area (Å²) in [5.74, 6) is -0.776. The topological polar surface area (TPSA) is 75.6 Å². The number of aromatic carboxylic acids is 1. The van der Waals surface area contributed by atoms with Gasteiger partial charge in [0.15, 0.2) is 0 Å². The Bertz CT molecular complexity index is 814. The average Bonchev–Trinajstić information content (AvgIpc) is 2.56. The molecule has 24 heavy (non-hydrogen) atoms. The van der Waals surface area contributed by atoms with Crippen LogP contribution >= 0.6 is 11.6 Å². The first-order chi connectivity index (χ1) is 11.4. The molecule has 2 aromatic rings. The van der Waals surface area contributed by atoms with E-state index in [0.717, 1.165) is 5.56 Å². The summed E-state index contributed by atoms with van der Waals surface area (Å²) in [4.78, 5) is 23.3. The van der Waals surface area contributed by atoms with Gasteiger partial charge in [0.1, 0.15) is 5.75 Å². The number of halogens is 1. The van der Waals surface area contributed by atoms with Crippen LogP contribution < -0.4 is 10.1 Å². The Morgan fingerprint density at radius 3 is 2.62 bits per heavy atom. The number of ether oxygens (including phenoxy) is 1. The maximum atomic E-state index is 12.3. The van der Waals surface area contributed by atoms with Gasteiger partial charge in [-0.3, -0.25) is 4.79 Å². The van der Waals surface area contributed by atoms with Crippen LogP contribution in [0.2, 0.25) is 5.02 Å². The third-order valence-electron chi connectivity index (χ3n) is 3.30. The van der Waals surface area contributed by atoms with Gasteiger partial charge >= 0.3 is 5.97 Å². The van der Waals surface area contributed by atoms with Crippen molar-refractivity contribution in [2.45, 2.75) is 6.92 Å². The van der Waals surface area contributed by atoms with Crippen LogP contribution in [0.1, 0.15) is 22.8 Å². The lowest BCUT2D eigenvalue weighted by Crippen LogP contribution is -2.13. The molecule has 0 heterocycles. The zero-order valence-electron chi connectivity index (χ0n) is 13.2. The minimum absolute atomic E-state index is 0.0455. The van der Waals surface area contributed by atoms with Crippen molar-refractivity contribution >= 4 is 35.2 Å². The highest BCUT2D eigenvalue weighted by Crippen LogP contribution is 2.24. The first-order valence-corrected chi connectivity index (χ1v) is 7.45. The van der Waals surface area contributed by atoms with Crippen LogP contribution in [0.5, 0.6) is 5.75 Å². The maximum Gasteiger partial charge on any atom is 0.335 e. The lowest BCUT2D eigenvalue weighted by molar-refractivity contribution is -0.112. The lowest BCUT2D eigenvalue weighted by Gasteiger charge is -2.09. The van der Waals surface area contributed by atoms with Crippen molar-refractivity contribution in [1.82, 2.24) is 0 Å². The largest absolute Gasteiger partial charge is 0.497 e. The molecule has 2 aromatic carbocycles. The number of methoxy groups -OCH3 is 1. The van der Waals surface area contributed by atoms with Crippen molar-refractivity contribution in [2.24, 2.45) is 0 Å². The molecule has 0 aliphatic rings. The van der Waals surface area contributed by atoms with Crippen molar-refractivity contribution in [3.05, 3.63) is 64.2 Å². The van der Waals surface area contributed by atoms with Crippen LogP contribution in [-0.2, 0) is 4.79 Å². The fourth-order valence-electron chi connectivity index (χ4n) is 2.02. The number of carbonyl (C=O) groups excluding carboxylic acids is 1. The number of carboxylic acids is 1. The standard InChI is InChI=1S/C18H16ClNO4/c1-11(8-12-4-3-5-14(9-12)24-2)17(21)20-16-10-13(18(22)23)6-7-15(16)19/h3-10H,1-2H3,(H,20,21)(H,22,23). The Balaban J connectivity index is 2.21. The van der Waals surface area contributed by atoms with Crippen LogP contribution in [0.4, 0.5) is 5.69 Å². The number of hydrogen-bond donors (Lipinski definition) is 2. The fourth-order valence-corrected chi connectivity index (χ4v) is 2.19. The van der Waals surface area contributed by atoms with Crippen LogP contribution in [0.15, 0.2) is 48.0 Å². The van der Waals surface area contributed by atoms with Crippen molar-refractivity contribution in [3.63, 3.8) is 0 Å². The first-order valence-electron chi connectivity index (χ1n) is 7.07. The van der Waals surface area contributed by atoms with Crippen LogP contribution in [0, 0.1) is 0 Å². The molecular weight excluding hydrogens is 330 g/mol. The third-order valence-corrected chi connectivity index (χ3v) is 3.63. The fraction of sp³-hybridized carbons (Fsp3) is 0.111. The molecule has 0 saturated carbocycles. The number of benzene rings is 2. The molecule has 1 amide bonds. The molecule has 2 rings (SSSR count). The Hall–Kier alpha value is -2.79. The Morgan fingerprint density at radius 1 is 1.21 bits per heavy atom. The summed E-state index contributed by atoms with van der Waals surface area (Å²) in [5.41, 5.74) is 1.55. The summed E-state index contributed by atoms with van der Waals surface area (Å²) in [7, 11) is 1.57. The van der Waals surface area contributed by atoms with Crippen LogP contribution in [-0.4, -0.2) is 24.1 Å². The van der Waals surface area contributed by atoms with Gasteiger partial charge in [0.2, 0.25) is 0 Å². The Morgan fingerprint density at radius 2 is 1.96 bits per heavy atom. The number of anilines is 1. The molecule has 2 N–H and O–H groups in total. The molecule has 0 spiro atoms. The molecule has 0 aromatic heterocycles. The summed E-state index contributed by atoms with van der Waals surface area (Å²) in [6.45, 7) is 1.66. The molecule has 0 aliphatic heterocycles. The van der Waals surface area contributed by atoms with E-state index in [1.165, 1.54) is 18.2 Å². The second kappa shape index (κ2) is 7.66. The zero-order chi connectivity index (χ0) is 17.7. The van der Waals surface area contributed by atoms with Gasteiger partial charge in [-0.25, -0.2) is 4.79 Å². The molecule has 0 saturated heterocycles. The minimum Gasteiger partial charge on any atom is -0.497 e. The summed E-state index contributed by atoms with van der Waals surface area (Å²) >= 11 is 6.01. The van der Waals surface area contributed by atoms with E-state index in [1.807, 2.05) is 18.2 Å². The number of carbonyl (C=O) groups is 2. The average molecular weight is 346 g/mol. The molecule has 6 heteroatoms. The number of amides is 1. The number of rotatable bonds is 5. The predicted octanol–water partition coefficient (Wildman–Crippen LogP) is 4.09. The predicted molar refractivity (Wildman–Crippen MR) is 93.7 cm³/mol. The highest BCUT2D eigenvalue weighted by molar-refractivity contribution is 6.34. The van der Waals surface area contributed by atoms with E-state index in [1.54, 1.807) is 26.2 Å². The number of hydrogen-bond acceptors (Lipinski definition) is 3. The quantitative estimate of drug-likeness (QED) is 0.800. The Kier molecular flexibility index (Phi) is 5.60. The van der Waals surface area contributed by atoms with Gasteiger partial charge in [0.25, 0.3) is 5.91 Å². The molecule has 0 atom stereocenters. The van der Waals surface area contributed by atoms with Gasteiger partial charge in [-0.15, -0.1) is 0 Å². The van der Waals surface area contributed by atoms with Crippen molar-refractivity contribution in [1.29, 1.82) is 0 Å². The summed E-state index contributed by atoms with van der Waals surface area (Å²) in [5, 5.41) is 11.9. The second-order valence-electron chi connectivity index (χ2n) is 5.06. The number of nitrogens with one attached hydrogen (secondary N) is 1. The van der Waals surface area contributed by atoms with Gasteiger partial charge in [-0.2, -0.15) is 0 Å². The van der Waals surface area contributed by atoms with E-state index in [9.17, 15) is 9.59 Å². The SMILES string of the molecule is COc1cccc(C=C(C)C(=O)Nc2cc(C(=O)O)ccc2Cl)c1. The molecule has 0 aliphatic carbocycles. The van der Waals surface area contributed by atoms with E-state index in [0.29, 0.717) is 11.3 Å². The molecule has 0 fully saturated rings. The van der Waals surface area contributed by atoms with Gasteiger partial charge in [0, 0.05) is 5.57 Å². The monoisotopic (exact) mass is 345 g/mol. The van der Waals surface area contributed by atoms with Gasteiger partial charge in [-0.1, -0.05) is 23.7 Å². The van der Waals surface area contributed by atoms with E-state index < -0.39 is 5.97 Å². The van der Waals surface area contributed by atoms with Crippen molar-refractivity contribution in [3.8, 4) is 5.75 Å². The minimum atomic E-state index is -1.09. The van der Waals surface area contributed by atoms with Gasteiger partial charge < -0.3 is 15.2 Å². The van der Waals surface area contributed by atoms with E-state index >= 15 is 0 Å². The molecule has 0 bridgehead atoms. The third kappa shape index (κ3) is 4.36. The summed E-state index contributed by atoms with van der Waals surface area (Å²) in [6.07, 6.45) is 1.70. The molecule has 124 valence electrons. The highest BCUT2D eigenvalue weighted by Gasteiger charge is 2.11. The maximum absolute atomic E-state index is 12.3. The summed E-state index contributed by atoms with van der Waals surface area (Å²) < 4.78 is 5.14. The van der Waals surface area contributed by atoms with E-state index in [2.05, 4.69) is 5.32 Å². The lowest BCUT2D eigenvalue weighted by atomic mass is 10.1. The van der Waals surface area contributed by atoms with Gasteiger partial charge in [0.05, 0.1) is 23.4 Å². The normalized spacial score (nSPS) is 11.0. The Labute approximate surface area is 144 Å². The number of carboxylic acid groups (broad SMARTS) is 1. The zero-order valence-corrected chi connectivity index (χ0v) is 13.9. The van der Waals surface area contributed by atoms with Crippen molar-refractivity contribution < 1.29 is 19.4 Å². The van der Waals surface area contributed by atoms with Crippen molar-refractivity contribution in [2.75, 3.05) is 12.4 Å². The first kappa shape index (κ1) is 17.6. The van der Waals surface area contributed by atoms with Crippen LogP contribution in [0.3, 0.4) is 0 Å².